The van der Waals surface area contributed by atoms with Crippen LogP contribution < -0.4 is 15.0 Å². The van der Waals surface area contributed by atoms with Crippen molar-refractivity contribution in [3.63, 3.8) is 0 Å². The highest BCUT2D eigenvalue weighted by molar-refractivity contribution is 6.36. The van der Waals surface area contributed by atoms with Gasteiger partial charge in [0, 0.05) is 23.3 Å². The Kier molecular flexibility index (Phi) is 5.75. The number of pyridine rings is 2. The van der Waals surface area contributed by atoms with Crippen LogP contribution in [0.2, 0.25) is 5.02 Å². The lowest BCUT2D eigenvalue weighted by Gasteiger charge is -2.32. The molecule has 0 saturated carbocycles. The summed E-state index contributed by atoms with van der Waals surface area (Å²) in [5, 5.41) is 13.1. The lowest BCUT2D eigenvalue weighted by atomic mass is 9.98. The summed E-state index contributed by atoms with van der Waals surface area (Å²) in [4.78, 5) is 33.9. The van der Waals surface area contributed by atoms with Crippen LogP contribution in [-0.2, 0) is 4.74 Å². The molecule has 0 atom stereocenters. The summed E-state index contributed by atoms with van der Waals surface area (Å²) in [6.07, 6.45) is 1.51. The van der Waals surface area contributed by atoms with Crippen molar-refractivity contribution in [1.82, 2.24) is 9.97 Å². The monoisotopic (exact) mass is 470 g/mol. The topological polar surface area (TPSA) is 114 Å². The third-order valence-electron chi connectivity index (χ3n) is 5.04. The van der Waals surface area contributed by atoms with E-state index >= 15 is 0 Å². The summed E-state index contributed by atoms with van der Waals surface area (Å²) in [6, 6.07) is 5.26. The average molecular weight is 471 g/mol. The summed E-state index contributed by atoms with van der Waals surface area (Å²) in [5.41, 5.74) is 2.19. The number of carboxylic acid groups (broad SMARTS) is 1. The number of fused-ring (bicyclic) bond motifs is 2. The Hall–Kier alpha value is -3.59. The fourth-order valence-corrected chi connectivity index (χ4v) is 3.95. The molecule has 0 aliphatic carbocycles. The largest absolute Gasteiger partial charge is 0.474 e. The molecule has 0 radical (unpaired) electrons. The van der Waals surface area contributed by atoms with E-state index < -0.39 is 17.8 Å². The van der Waals surface area contributed by atoms with Crippen molar-refractivity contribution in [1.29, 1.82) is 0 Å². The van der Waals surface area contributed by atoms with Crippen LogP contribution in [0.1, 0.15) is 26.3 Å². The van der Waals surface area contributed by atoms with Gasteiger partial charge in [-0.2, -0.15) is 0 Å². The maximum Gasteiger partial charge on any atom is 0.415 e. The molecule has 2 amide bonds. The molecule has 0 fully saturated rings. The number of carbonyl (C=O) groups excluding carboxylic acids is 1. The van der Waals surface area contributed by atoms with Crippen molar-refractivity contribution in [3.05, 3.63) is 41.2 Å². The van der Waals surface area contributed by atoms with E-state index in [-0.39, 0.29) is 5.82 Å². The summed E-state index contributed by atoms with van der Waals surface area (Å²) >= 11 is 6.51. The smallest absolute Gasteiger partial charge is 0.415 e. The van der Waals surface area contributed by atoms with Gasteiger partial charge in [0.1, 0.15) is 23.7 Å². The highest BCUT2D eigenvalue weighted by atomic mass is 35.5. The number of anilines is 2. The number of nitrogens with one attached hydrogen (secondary N) is 1. The first-order chi connectivity index (χ1) is 15.5. The second kappa shape index (κ2) is 8.40. The van der Waals surface area contributed by atoms with Crippen LogP contribution in [0, 0.1) is 6.92 Å². The van der Waals surface area contributed by atoms with Crippen LogP contribution in [0.3, 0.4) is 0 Å². The van der Waals surface area contributed by atoms with Crippen molar-refractivity contribution < 1.29 is 24.2 Å². The van der Waals surface area contributed by atoms with Gasteiger partial charge in [-0.05, 0) is 62.4 Å². The number of ether oxygens (including phenoxy) is 2. The molecule has 0 spiro atoms. The van der Waals surface area contributed by atoms with Crippen LogP contribution >= 0.6 is 11.6 Å². The molecular formula is C23H23ClN4O5. The van der Waals surface area contributed by atoms with Gasteiger partial charge >= 0.3 is 12.2 Å². The molecule has 0 bridgehead atoms. The van der Waals surface area contributed by atoms with E-state index in [1.165, 1.54) is 11.1 Å². The minimum Gasteiger partial charge on any atom is -0.474 e. The third-order valence-corrected chi connectivity index (χ3v) is 5.36. The lowest BCUT2D eigenvalue weighted by molar-refractivity contribution is 0.0566. The highest BCUT2D eigenvalue weighted by Gasteiger charge is 2.31. The SMILES string of the molecule is Cc1c(-c2cc(Cl)c3cnc(NC(=O)O)cc3c2)cnc2c1N(C(=O)OC(C)(C)C)CCO2. The molecule has 3 aromatic rings. The number of hydrogen-bond acceptors (Lipinski definition) is 6. The van der Waals surface area contributed by atoms with Gasteiger partial charge in [-0.25, -0.2) is 19.6 Å². The van der Waals surface area contributed by atoms with Crippen molar-refractivity contribution in [3.8, 4) is 17.0 Å². The number of amides is 2. The molecule has 172 valence electrons. The average Bonchev–Trinajstić information content (AvgIpc) is 2.71. The number of nitrogens with zero attached hydrogens (tertiary/aromatic N) is 3. The Morgan fingerprint density at radius 2 is 1.97 bits per heavy atom. The van der Waals surface area contributed by atoms with Gasteiger partial charge in [-0.15, -0.1) is 0 Å². The maximum atomic E-state index is 12.9. The highest BCUT2D eigenvalue weighted by Crippen LogP contribution is 2.40. The second-order valence-corrected chi connectivity index (χ2v) is 9.02. The van der Waals surface area contributed by atoms with E-state index in [4.69, 9.17) is 26.2 Å². The maximum absolute atomic E-state index is 12.9. The molecule has 10 heteroatoms. The van der Waals surface area contributed by atoms with E-state index in [9.17, 15) is 9.59 Å². The molecule has 2 aromatic heterocycles. The van der Waals surface area contributed by atoms with Crippen molar-refractivity contribution >= 4 is 46.1 Å². The Labute approximate surface area is 195 Å². The van der Waals surface area contributed by atoms with Crippen LogP contribution in [0.15, 0.2) is 30.6 Å². The first kappa shape index (κ1) is 22.6. The summed E-state index contributed by atoms with van der Waals surface area (Å²) in [6.45, 7) is 7.96. The zero-order valence-electron chi connectivity index (χ0n) is 18.6. The predicted molar refractivity (Wildman–Crippen MR) is 125 cm³/mol. The summed E-state index contributed by atoms with van der Waals surface area (Å²) in [7, 11) is 0. The van der Waals surface area contributed by atoms with Crippen molar-refractivity contribution in [2.24, 2.45) is 0 Å². The number of rotatable bonds is 2. The Morgan fingerprint density at radius 1 is 1.21 bits per heavy atom. The molecule has 0 saturated heterocycles. The molecule has 3 heterocycles. The standard InChI is InChI=1S/C23H23ClN4O5/c1-12-15(10-26-20-19(12)28(5-6-32-20)22(31)33-23(2,3)4)13-7-14-9-18(27-21(29)30)25-11-16(14)17(24)8-13/h7-11H,5-6H2,1-4H3,(H,25,27)(H,29,30). The van der Waals surface area contributed by atoms with E-state index in [1.807, 2.05) is 33.8 Å². The number of aromatic nitrogens is 2. The van der Waals surface area contributed by atoms with Gasteiger partial charge in [-0.3, -0.25) is 10.2 Å². The van der Waals surface area contributed by atoms with E-state index in [1.54, 1.807) is 18.3 Å². The van der Waals surface area contributed by atoms with Gasteiger partial charge in [0.2, 0.25) is 5.88 Å². The van der Waals surface area contributed by atoms with Gasteiger partial charge in [0.25, 0.3) is 0 Å². The first-order valence-electron chi connectivity index (χ1n) is 10.3. The molecule has 2 N–H and O–H groups in total. The molecule has 1 aliphatic heterocycles. The molecule has 9 nitrogen and oxygen atoms in total. The number of hydrogen-bond donors (Lipinski definition) is 2. The summed E-state index contributed by atoms with van der Waals surface area (Å²) in [5.74, 6) is 0.547. The normalized spacial score (nSPS) is 13.3. The molecule has 0 unspecified atom stereocenters. The minimum atomic E-state index is -1.21. The molecular weight excluding hydrogens is 448 g/mol. The zero-order valence-corrected chi connectivity index (χ0v) is 19.4. The van der Waals surface area contributed by atoms with Gasteiger partial charge in [0.05, 0.1) is 11.6 Å². The second-order valence-electron chi connectivity index (χ2n) is 8.61. The van der Waals surface area contributed by atoms with Gasteiger partial charge in [0.15, 0.2) is 0 Å². The van der Waals surface area contributed by atoms with Gasteiger partial charge < -0.3 is 14.6 Å². The fourth-order valence-electron chi connectivity index (χ4n) is 3.68. The molecule has 33 heavy (non-hydrogen) atoms. The number of halogens is 1. The Balaban J connectivity index is 1.81. The summed E-state index contributed by atoms with van der Waals surface area (Å²) < 4.78 is 11.3. The van der Waals surface area contributed by atoms with E-state index in [2.05, 4.69) is 15.3 Å². The van der Waals surface area contributed by atoms with Crippen molar-refractivity contribution in [2.75, 3.05) is 23.4 Å². The Morgan fingerprint density at radius 3 is 2.67 bits per heavy atom. The first-order valence-corrected chi connectivity index (χ1v) is 10.6. The molecule has 1 aromatic carbocycles. The molecule has 4 rings (SSSR count). The third kappa shape index (κ3) is 4.63. The minimum absolute atomic E-state index is 0.188. The van der Waals surface area contributed by atoms with Crippen LogP contribution in [0.5, 0.6) is 5.88 Å². The van der Waals surface area contributed by atoms with E-state index in [0.29, 0.717) is 40.5 Å². The Bertz CT molecular complexity index is 1270. The number of carbonyl (C=O) groups is 2. The van der Waals surface area contributed by atoms with Crippen LogP contribution in [0.4, 0.5) is 21.1 Å². The van der Waals surface area contributed by atoms with Crippen LogP contribution in [-0.4, -0.2) is 46.0 Å². The van der Waals surface area contributed by atoms with Crippen molar-refractivity contribution in [2.45, 2.75) is 33.3 Å². The lowest BCUT2D eigenvalue weighted by Crippen LogP contribution is -2.42. The number of benzene rings is 1. The molecule has 1 aliphatic rings. The fraction of sp³-hybridized carbons (Fsp3) is 0.304. The van der Waals surface area contributed by atoms with E-state index in [0.717, 1.165) is 16.7 Å². The van der Waals surface area contributed by atoms with Crippen LogP contribution in [0.25, 0.3) is 21.9 Å². The predicted octanol–water partition coefficient (Wildman–Crippen LogP) is 5.48. The quantitative estimate of drug-likeness (QED) is 0.509. The zero-order chi connectivity index (χ0) is 23.9. The van der Waals surface area contributed by atoms with Gasteiger partial charge in [-0.1, -0.05) is 11.6 Å².